The zero-order valence-electron chi connectivity index (χ0n) is 30.6. The molecule has 0 aromatic heterocycles. The predicted molar refractivity (Wildman–Crippen MR) is 209 cm³/mol. The lowest BCUT2D eigenvalue weighted by Gasteiger charge is -2.36. The van der Waals surface area contributed by atoms with Gasteiger partial charge in [-0.2, -0.15) is 0 Å². The normalized spacial score (nSPS) is 11.5. The van der Waals surface area contributed by atoms with Gasteiger partial charge in [0.05, 0.1) is 27.9 Å². The van der Waals surface area contributed by atoms with Gasteiger partial charge < -0.3 is 33.2 Å². The first-order valence-corrected chi connectivity index (χ1v) is 19.9. The van der Waals surface area contributed by atoms with Crippen LogP contribution in [0.3, 0.4) is 0 Å². The number of hydrogen-bond acceptors (Lipinski definition) is 7. The molecule has 5 aromatic carbocycles. The molecule has 0 aliphatic heterocycles. The molecule has 0 spiro atoms. The minimum atomic E-state index is -1.76. The van der Waals surface area contributed by atoms with E-state index in [9.17, 15) is 0 Å². The highest BCUT2D eigenvalue weighted by molar-refractivity contribution is 6.74. The topological polar surface area (TPSA) is 52.6 Å². The number of hydrogen-bond donors (Lipinski definition) is 0. The van der Waals surface area contributed by atoms with Crippen molar-refractivity contribution in [2.75, 3.05) is 44.3 Å². The number of methoxy groups -OCH3 is 3. The van der Waals surface area contributed by atoms with Gasteiger partial charge >= 0.3 is 0 Å². The van der Waals surface area contributed by atoms with Gasteiger partial charge in [0.25, 0.3) is 0 Å². The number of rotatable bonds is 15. The van der Waals surface area contributed by atoms with Crippen molar-refractivity contribution in [2.24, 2.45) is 0 Å². The lowest BCUT2D eigenvalue weighted by atomic mass is 10.1. The van der Waals surface area contributed by atoms with Gasteiger partial charge in [0, 0.05) is 47.2 Å². The van der Waals surface area contributed by atoms with Crippen LogP contribution >= 0.6 is 0 Å². The first-order chi connectivity index (χ1) is 24.0. The molecule has 0 radical (unpaired) electrons. The van der Waals surface area contributed by atoms with Crippen LogP contribution in [0.2, 0.25) is 18.1 Å². The molecule has 262 valence electrons. The van der Waals surface area contributed by atoms with E-state index in [2.05, 4.69) is 116 Å². The highest BCUT2D eigenvalue weighted by atomic mass is 28.4. The van der Waals surface area contributed by atoms with Crippen LogP contribution < -0.4 is 28.7 Å². The van der Waals surface area contributed by atoms with Crippen molar-refractivity contribution in [1.82, 2.24) is 0 Å². The smallest absolute Gasteiger partial charge is 0.191 e. The Kier molecular flexibility index (Phi) is 11.8. The second-order valence-corrected chi connectivity index (χ2v) is 18.4. The molecule has 0 atom stereocenters. The van der Waals surface area contributed by atoms with E-state index in [1.807, 2.05) is 48.5 Å². The molecule has 8 heteroatoms. The van der Waals surface area contributed by atoms with E-state index in [1.54, 1.807) is 21.3 Å². The monoisotopic (exact) mass is 690 g/mol. The minimum absolute atomic E-state index is 0.201. The Labute approximate surface area is 299 Å². The average Bonchev–Trinajstić information content (AvgIpc) is 3.13. The fourth-order valence-corrected chi connectivity index (χ4v) is 6.41. The van der Waals surface area contributed by atoms with Gasteiger partial charge in [0.2, 0.25) is 0 Å². The Bertz CT molecular complexity index is 1720. The quantitative estimate of drug-likeness (QED) is 0.0800. The van der Waals surface area contributed by atoms with Gasteiger partial charge in [0.1, 0.15) is 23.0 Å². The van der Waals surface area contributed by atoms with Gasteiger partial charge in [-0.25, -0.2) is 0 Å². The SMILES string of the molecule is COc1ccc(N(c2ccc(OC)cc2)c2ccc(N(c3ccc(OC)cc3)c3ccc(OCCCO[Si](C)(C)C(C)(C)C)cc3)cc2)cc1. The summed E-state index contributed by atoms with van der Waals surface area (Å²) in [4.78, 5) is 4.44. The third-order valence-corrected chi connectivity index (χ3v) is 13.8. The molecule has 0 bridgehead atoms. The van der Waals surface area contributed by atoms with Crippen LogP contribution in [0, 0.1) is 0 Å². The van der Waals surface area contributed by atoms with E-state index >= 15 is 0 Å². The van der Waals surface area contributed by atoms with Crippen LogP contribution in [0.15, 0.2) is 121 Å². The molecule has 0 aliphatic rings. The fraction of sp³-hybridized carbons (Fsp3) is 0.286. The first-order valence-electron chi connectivity index (χ1n) is 17.0. The van der Waals surface area contributed by atoms with Crippen LogP contribution in [0.4, 0.5) is 34.1 Å². The van der Waals surface area contributed by atoms with Gasteiger partial charge in [0.15, 0.2) is 8.32 Å². The molecule has 50 heavy (non-hydrogen) atoms. The van der Waals surface area contributed by atoms with Gasteiger partial charge in [-0.05, 0) is 139 Å². The van der Waals surface area contributed by atoms with Crippen molar-refractivity contribution in [3.63, 3.8) is 0 Å². The second-order valence-electron chi connectivity index (χ2n) is 13.6. The third kappa shape index (κ3) is 8.80. The van der Waals surface area contributed by atoms with Crippen molar-refractivity contribution in [2.45, 2.75) is 45.3 Å². The molecule has 0 unspecified atom stereocenters. The minimum Gasteiger partial charge on any atom is -0.497 e. The Balaban J connectivity index is 1.39. The summed E-state index contributed by atoms with van der Waals surface area (Å²) < 4.78 is 28.8. The molecule has 7 nitrogen and oxygen atoms in total. The molecule has 0 heterocycles. The molecule has 0 N–H and O–H groups in total. The highest BCUT2D eigenvalue weighted by Gasteiger charge is 2.36. The average molecular weight is 691 g/mol. The third-order valence-electron chi connectivity index (χ3n) is 9.28. The fourth-order valence-electron chi connectivity index (χ4n) is 5.32. The Hall–Kier alpha value is -4.92. The summed E-state index contributed by atoms with van der Waals surface area (Å²) in [6, 6.07) is 41.1. The lowest BCUT2D eigenvalue weighted by molar-refractivity contribution is 0.234. The summed E-state index contributed by atoms with van der Waals surface area (Å²) in [7, 11) is 3.28. The summed E-state index contributed by atoms with van der Waals surface area (Å²) >= 11 is 0. The summed E-state index contributed by atoms with van der Waals surface area (Å²) in [5, 5.41) is 0.201. The zero-order chi connectivity index (χ0) is 35.7. The lowest BCUT2D eigenvalue weighted by Crippen LogP contribution is -2.41. The van der Waals surface area contributed by atoms with Crippen LogP contribution in [-0.4, -0.2) is 42.9 Å². The van der Waals surface area contributed by atoms with Crippen molar-refractivity contribution in [3.05, 3.63) is 121 Å². The van der Waals surface area contributed by atoms with Crippen molar-refractivity contribution < 1.29 is 23.4 Å². The Morgan fingerprint density at radius 3 is 1.00 bits per heavy atom. The molecule has 0 fully saturated rings. The first kappa shape index (κ1) is 36.4. The number of nitrogens with zero attached hydrogens (tertiary/aromatic N) is 2. The van der Waals surface area contributed by atoms with Crippen LogP contribution in [-0.2, 0) is 4.43 Å². The van der Waals surface area contributed by atoms with E-state index < -0.39 is 8.32 Å². The number of benzene rings is 5. The van der Waals surface area contributed by atoms with E-state index in [4.69, 9.17) is 23.4 Å². The van der Waals surface area contributed by atoms with Gasteiger partial charge in [-0.15, -0.1) is 0 Å². The number of anilines is 6. The second kappa shape index (κ2) is 16.2. The zero-order valence-corrected chi connectivity index (χ0v) is 31.6. The molecular weight excluding hydrogens is 641 g/mol. The molecule has 0 saturated carbocycles. The largest absolute Gasteiger partial charge is 0.497 e. The van der Waals surface area contributed by atoms with Crippen molar-refractivity contribution in [3.8, 4) is 23.0 Å². The highest BCUT2D eigenvalue weighted by Crippen LogP contribution is 2.41. The van der Waals surface area contributed by atoms with Gasteiger partial charge in [-0.1, -0.05) is 20.8 Å². The molecule has 0 amide bonds. The maximum atomic E-state index is 6.32. The van der Waals surface area contributed by atoms with E-state index in [0.717, 1.165) is 63.5 Å². The van der Waals surface area contributed by atoms with Crippen LogP contribution in [0.25, 0.3) is 0 Å². The maximum absolute atomic E-state index is 6.32. The number of ether oxygens (including phenoxy) is 4. The summed E-state index contributed by atoms with van der Waals surface area (Å²) in [5.41, 5.74) is 6.08. The molecular formula is C42H50N2O5Si. The van der Waals surface area contributed by atoms with E-state index in [0.29, 0.717) is 13.2 Å². The summed E-state index contributed by atoms with van der Waals surface area (Å²) in [5.74, 6) is 3.25. The van der Waals surface area contributed by atoms with Crippen LogP contribution in [0.5, 0.6) is 23.0 Å². The van der Waals surface area contributed by atoms with E-state index in [-0.39, 0.29) is 5.04 Å². The van der Waals surface area contributed by atoms with Crippen molar-refractivity contribution in [1.29, 1.82) is 0 Å². The van der Waals surface area contributed by atoms with Crippen LogP contribution in [0.1, 0.15) is 27.2 Å². The maximum Gasteiger partial charge on any atom is 0.191 e. The standard InChI is InChI=1S/C42H50N2O5Si/c1-42(2,3)50(7,8)49-31-9-30-48-41-28-20-37(21-29-41)44(36-18-26-40(47-6)27-19-36)33-12-10-32(11-13-33)43(34-14-22-38(45-4)23-15-34)35-16-24-39(46-5)25-17-35/h10-29H,9,30-31H2,1-8H3. The molecule has 5 rings (SSSR count). The molecule has 0 aliphatic carbocycles. The predicted octanol–water partition coefficient (Wildman–Crippen LogP) is 11.4. The Morgan fingerprint density at radius 1 is 0.440 bits per heavy atom. The van der Waals surface area contributed by atoms with Gasteiger partial charge in [-0.3, -0.25) is 0 Å². The summed E-state index contributed by atoms with van der Waals surface area (Å²) in [6.45, 7) is 12.7. The Morgan fingerprint density at radius 2 is 0.720 bits per heavy atom. The van der Waals surface area contributed by atoms with E-state index in [1.165, 1.54) is 0 Å². The molecule has 5 aromatic rings. The molecule has 0 saturated heterocycles. The summed E-state index contributed by atoms with van der Waals surface area (Å²) in [6.07, 6.45) is 0.850. The van der Waals surface area contributed by atoms with Crippen molar-refractivity contribution >= 4 is 42.4 Å².